The molecule has 0 amide bonds. The highest BCUT2D eigenvalue weighted by Gasteiger charge is 2.21. The largest absolute Gasteiger partial charge is 0.478 e. The first-order chi connectivity index (χ1) is 8.43. The van der Waals surface area contributed by atoms with Crippen molar-refractivity contribution >= 4 is 68.4 Å². The van der Waals surface area contributed by atoms with Crippen LogP contribution in [-0.2, 0) is 6.14 Å². The van der Waals surface area contributed by atoms with Gasteiger partial charge in [-0.15, -0.1) is 0 Å². The quantitative estimate of drug-likeness (QED) is 0.636. The smallest absolute Gasteiger partial charge is 0.342 e. The Morgan fingerprint density at radius 3 is 2.44 bits per heavy atom. The van der Waals surface area contributed by atoms with Crippen LogP contribution in [0.2, 0.25) is 0 Å². The number of carboxylic acid groups (broad SMARTS) is 1. The second-order valence-electron chi connectivity index (χ2n) is 3.41. The van der Waals surface area contributed by atoms with Gasteiger partial charge in [0.25, 0.3) is 0 Å². The van der Waals surface area contributed by atoms with Crippen molar-refractivity contribution in [2.24, 2.45) is 0 Å². The average Bonchev–Trinajstić information content (AvgIpc) is 2.27. The molecule has 0 atom stereocenters. The minimum absolute atomic E-state index is 0.119. The second kappa shape index (κ2) is 5.22. The van der Waals surface area contributed by atoms with Crippen molar-refractivity contribution in [2.45, 2.75) is 0 Å². The van der Waals surface area contributed by atoms with E-state index in [1.165, 1.54) is 6.07 Å². The van der Waals surface area contributed by atoms with E-state index in [2.05, 4.69) is 31.9 Å². The molecule has 1 N–H and O–H groups in total. The summed E-state index contributed by atoms with van der Waals surface area (Å²) in [4.78, 5) is 11.1. The summed E-state index contributed by atoms with van der Waals surface area (Å²) in [5, 5.41) is 10.4. The van der Waals surface area contributed by atoms with Gasteiger partial charge in [-0.25, -0.2) is 10.9 Å². The van der Waals surface area contributed by atoms with Crippen LogP contribution >= 0.6 is 51.7 Å². The maximum absolute atomic E-state index is 11.3. The monoisotopic (exact) mass is 486 g/mol. The standard InChI is InChI=1S/C11H5Br2IO4/c12-7-3-1-2-5-4-6(11(15)16)10(14(17)18)9(13)8(5)7/h1-4H,(H,15,16). The maximum atomic E-state index is 11.3. The normalized spacial score (nSPS) is 11.1. The lowest BCUT2D eigenvalue weighted by atomic mass is 10.1. The molecule has 0 unspecified atom stereocenters. The summed E-state index contributed by atoms with van der Waals surface area (Å²) >= 11 is 2.61. The van der Waals surface area contributed by atoms with Crippen molar-refractivity contribution in [1.82, 2.24) is 0 Å². The fourth-order valence-electron chi connectivity index (χ4n) is 1.65. The first kappa shape index (κ1) is 13.9. The number of halogens is 3. The van der Waals surface area contributed by atoms with Crippen LogP contribution in [0, 0.1) is 3.57 Å². The zero-order chi connectivity index (χ0) is 13.4. The summed E-state index contributed by atoms with van der Waals surface area (Å²) in [7, 11) is 0. The molecule has 0 saturated heterocycles. The highest BCUT2D eigenvalue weighted by molar-refractivity contribution is 14.2. The molecule has 94 valence electrons. The van der Waals surface area contributed by atoms with Crippen molar-refractivity contribution in [2.75, 3.05) is 0 Å². The second-order valence-corrected chi connectivity index (χ2v) is 7.38. The number of benzene rings is 2. The van der Waals surface area contributed by atoms with Gasteiger partial charge in [-0.3, -0.25) is 0 Å². The van der Waals surface area contributed by atoms with Crippen molar-refractivity contribution in [1.29, 1.82) is 0 Å². The molecule has 0 aromatic heterocycles. The van der Waals surface area contributed by atoms with Crippen LogP contribution in [0.25, 0.3) is 10.8 Å². The highest BCUT2D eigenvalue weighted by atomic mass is 127. The lowest BCUT2D eigenvalue weighted by molar-refractivity contribution is 0.0695. The molecule has 0 aliphatic rings. The molecule has 0 bridgehead atoms. The topological polar surface area (TPSA) is 71.4 Å². The Morgan fingerprint density at radius 1 is 1.22 bits per heavy atom. The maximum Gasteiger partial charge on any atom is 0.342 e. The minimum atomic E-state index is -3.92. The molecule has 0 aliphatic carbocycles. The Bertz CT molecular complexity index is 729. The van der Waals surface area contributed by atoms with Gasteiger partial charge >= 0.3 is 25.8 Å². The van der Waals surface area contributed by atoms with E-state index >= 15 is 0 Å². The molecule has 0 aliphatic heterocycles. The molecular weight excluding hydrogens is 483 g/mol. The molecule has 4 nitrogen and oxygen atoms in total. The predicted molar refractivity (Wildman–Crippen MR) is 80.4 cm³/mol. The van der Waals surface area contributed by atoms with Crippen LogP contribution in [-0.4, -0.2) is 11.1 Å². The van der Waals surface area contributed by atoms with Gasteiger partial charge < -0.3 is 5.11 Å². The summed E-state index contributed by atoms with van der Waals surface area (Å²) in [5.41, 5.74) is -0.192. The summed E-state index contributed by atoms with van der Waals surface area (Å²) < 4.78 is 23.5. The number of rotatable bonds is 2. The number of hydrogen-bond acceptors (Lipinski definition) is 3. The van der Waals surface area contributed by atoms with E-state index in [1.807, 2.05) is 0 Å². The Hall–Kier alpha value is -0.540. The van der Waals surface area contributed by atoms with Gasteiger partial charge in [0.05, 0.1) is 5.56 Å². The van der Waals surface area contributed by atoms with E-state index < -0.39 is 25.8 Å². The van der Waals surface area contributed by atoms with E-state index in [0.29, 0.717) is 19.7 Å². The Kier molecular flexibility index (Phi) is 4.02. The van der Waals surface area contributed by atoms with E-state index in [4.69, 9.17) is 5.11 Å². The van der Waals surface area contributed by atoms with Crippen molar-refractivity contribution in [3.05, 3.63) is 42.3 Å². The Balaban J connectivity index is 3.05. The summed E-state index contributed by atoms with van der Waals surface area (Å²) in [6.07, 6.45) is 0. The summed E-state index contributed by atoms with van der Waals surface area (Å²) in [6, 6.07) is 6.64. The minimum Gasteiger partial charge on any atom is -0.478 e. The van der Waals surface area contributed by atoms with Gasteiger partial charge in [0.1, 0.15) is 3.57 Å². The highest BCUT2D eigenvalue weighted by Crippen LogP contribution is 2.39. The van der Waals surface area contributed by atoms with Gasteiger partial charge in [-0.1, -0.05) is 28.1 Å². The van der Waals surface area contributed by atoms with E-state index in [9.17, 15) is 10.9 Å². The molecule has 0 radical (unpaired) electrons. The third kappa shape index (κ3) is 2.30. The predicted octanol–water partition coefficient (Wildman–Crippen LogP) is 4.43. The summed E-state index contributed by atoms with van der Waals surface area (Å²) in [5.74, 6) is -1.25. The fourth-order valence-corrected chi connectivity index (χ4v) is 5.49. The van der Waals surface area contributed by atoms with E-state index in [1.54, 1.807) is 18.2 Å². The summed E-state index contributed by atoms with van der Waals surface area (Å²) in [6.45, 7) is 0. The van der Waals surface area contributed by atoms with Crippen molar-refractivity contribution < 1.29 is 16.0 Å². The molecule has 18 heavy (non-hydrogen) atoms. The van der Waals surface area contributed by atoms with Crippen LogP contribution in [0.1, 0.15) is 10.4 Å². The third-order valence-corrected chi connectivity index (χ3v) is 6.58. The van der Waals surface area contributed by atoms with Crippen molar-refractivity contribution in [3.63, 3.8) is 0 Å². The first-order valence-corrected chi connectivity index (χ1v) is 9.05. The first-order valence-electron chi connectivity index (χ1n) is 4.62. The zero-order valence-electron chi connectivity index (χ0n) is 8.62. The zero-order valence-corrected chi connectivity index (χ0v) is 13.9. The number of aromatic carboxylic acids is 1. The van der Waals surface area contributed by atoms with E-state index in [0.717, 1.165) is 0 Å². The Morgan fingerprint density at radius 2 is 1.89 bits per heavy atom. The molecule has 2 aromatic carbocycles. The van der Waals surface area contributed by atoms with Gasteiger partial charge in [0, 0.05) is 14.3 Å². The molecule has 0 spiro atoms. The third-order valence-electron chi connectivity index (χ3n) is 2.38. The van der Waals surface area contributed by atoms with Gasteiger partial charge in [-0.2, -0.15) is 0 Å². The van der Waals surface area contributed by atoms with Crippen LogP contribution in [0.3, 0.4) is 0 Å². The molecular formula is C11H5Br2IO4. The van der Waals surface area contributed by atoms with Crippen LogP contribution < -0.4 is 0 Å². The molecule has 0 heterocycles. The van der Waals surface area contributed by atoms with Gasteiger partial charge in [0.15, 0.2) is 0 Å². The number of carbonyl (C=O) groups is 1. The average molecular weight is 488 g/mol. The lowest BCUT2D eigenvalue weighted by Gasteiger charge is -2.08. The Labute approximate surface area is 126 Å². The van der Waals surface area contributed by atoms with Gasteiger partial charge in [0.2, 0.25) is 0 Å². The van der Waals surface area contributed by atoms with Crippen LogP contribution in [0.15, 0.2) is 33.2 Å². The molecule has 2 aromatic rings. The van der Waals surface area contributed by atoms with Crippen LogP contribution in [0.4, 0.5) is 0 Å². The molecule has 2 rings (SSSR count). The molecule has 0 saturated carbocycles. The fraction of sp³-hybridized carbons (Fsp3) is 0. The molecule has 7 heteroatoms. The number of fused-ring (bicyclic) bond motifs is 1. The number of carboxylic acids is 1. The number of hydrogen-bond donors (Lipinski definition) is 1. The molecule has 0 fully saturated rings. The lowest BCUT2D eigenvalue weighted by Crippen LogP contribution is -2.01. The van der Waals surface area contributed by atoms with Crippen molar-refractivity contribution in [3.8, 4) is 0 Å². The van der Waals surface area contributed by atoms with E-state index in [-0.39, 0.29) is 9.13 Å². The SMILES string of the molecule is O=C(O)c1cc2cccc(Br)c2c(Br)c1I(=O)=O. The van der Waals surface area contributed by atoms with Crippen LogP contribution in [0.5, 0.6) is 0 Å². The van der Waals surface area contributed by atoms with Gasteiger partial charge in [-0.05, 0) is 33.4 Å².